The Labute approximate surface area is 172 Å². The number of nitrogens with one attached hydrogen (secondary N) is 1. The topological polar surface area (TPSA) is 54.9 Å². The summed E-state index contributed by atoms with van der Waals surface area (Å²) in [5.74, 6) is -2.54. The summed E-state index contributed by atoms with van der Waals surface area (Å²) in [5, 5.41) is 2.43. The molecule has 0 saturated carbocycles. The minimum atomic E-state index is -0.924. The van der Waals surface area contributed by atoms with Crippen molar-refractivity contribution in [1.82, 2.24) is 9.97 Å². The molecule has 30 heavy (non-hydrogen) atoms. The van der Waals surface area contributed by atoms with Gasteiger partial charge in [0.15, 0.2) is 0 Å². The quantitative estimate of drug-likeness (QED) is 0.481. The van der Waals surface area contributed by atoms with Crippen LogP contribution >= 0.6 is 0 Å². The van der Waals surface area contributed by atoms with Crippen LogP contribution in [0.2, 0.25) is 0 Å². The van der Waals surface area contributed by atoms with Gasteiger partial charge in [-0.05, 0) is 60.0 Å². The fourth-order valence-electron chi connectivity index (χ4n) is 3.17. The molecule has 0 aliphatic heterocycles. The largest absolute Gasteiger partial charge is 0.306 e. The van der Waals surface area contributed by atoms with E-state index >= 15 is 0 Å². The second-order valence-corrected chi connectivity index (χ2v) is 6.75. The summed E-state index contributed by atoms with van der Waals surface area (Å²) in [7, 11) is 0. The lowest BCUT2D eigenvalue weighted by Gasteiger charge is -2.11. The predicted molar refractivity (Wildman–Crippen MR) is 112 cm³/mol. The molecule has 0 bridgehead atoms. The summed E-state index contributed by atoms with van der Waals surface area (Å²) in [6.45, 7) is 2.00. The number of aryl methyl sites for hydroxylation is 1. The zero-order valence-corrected chi connectivity index (χ0v) is 16.1. The third-order valence-corrected chi connectivity index (χ3v) is 4.74. The van der Waals surface area contributed by atoms with Crippen LogP contribution in [0.15, 0.2) is 79.3 Å². The second-order valence-electron chi connectivity index (χ2n) is 6.75. The van der Waals surface area contributed by atoms with Crippen LogP contribution in [0.5, 0.6) is 0 Å². The molecule has 148 valence electrons. The van der Waals surface area contributed by atoms with Crippen molar-refractivity contribution >= 4 is 11.7 Å². The SMILES string of the molecule is Cc1ccc(-c2cccnc2)cc1-c1ccc(NC(=O)c2c(F)cccc2F)nc1. The van der Waals surface area contributed by atoms with E-state index in [4.69, 9.17) is 0 Å². The molecule has 1 N–H and O–H groups in total. The van der Waals surface area contributed by atoms with Crippen molar-refractivity contribution in [3.8, 4) is 22.3 Å². The highest BCUT2D eigenvalue weighted by Crippen LogP contribution is 2.29. The Kier molecular flexibility index (Phi) is 5.30. The van der Waals surface area contributed by atoms with E-state index in [1.54, 1.807) is 30.7 Å². The second kappa shape index (κ2) is 8.21. The highest BCUT2D eigenvalue weighted by atomic mass is 19.1. The number of rotatable bonds is 4. The molecule has 4 rings (SSSR count). The Morgan fingerprint density at radius 2 is 1.63 bits per heavy atom. The fourth-order valence-corrected chi connectivity index (χ4v) is 3.17. The molecule has 0 atom stereocenters. The van der Waals surface area contributed by atoms with Crippen LogP contribution in [0.3, 0.4) is 0 Å². The van der Waals surface area contributed by atoms with Crippen molar-refractivity contribution in [2.45, 2.75) is 6.92 Å². The Bertz CT molecular complexity index is 1190. The van der Waals surface area contributed by atoms with Gasteiger partial charge in [0.1, 0.15) is 23.0 Å². The predicted octanol–water partition coefficient (Wildman–Crippen LogP) is 5.65. The lowest BCUT2D eigenvalue weighted by molar-refractivity contribution is 0.101. The van der Waals surface area contributed by atoms with Gasteiger partial charge in [-0.25, -0.2) is 13.8 Å². The summed E-state index contributed by atoms with van der Waals surface area (Å²) in [4.78, 5) is 20.6. The number of amides is 1. The zero-order valence-electron chi connectivity index (χ0n) is 16.1. The first kappa shape index (κ1) is 19.4. The van der Waals surface area contributed by atoms with Crippen LogP contribution in [0.1, 0.15) is 15.9 Å². The van der Waals surface area contributed by atoms with Gasteiger partial charge >= 0.3 is 0 Å². The monoisotopic (exact) mass is 401 g/mol. The van der Waals surface area contributed by atoms with E-state index in [1.165, 1.54) is 6.07 Å². The standard InChI is InChI=1S/C24H17F2N3O/c1-15-7-8-16(17-4-3-11-27-13-17)12-19(15)18-9-10-22(28-14-18)29-24(30)23-20(25)5-2-6-21(23)26/h2-14H,1H3,(H,28,29,30). The van der Waals surface area contributed by atoms with Gasteiger partial charge in [-0.2, -0.15) is 0 Å². The van der Waals surface area contributed by atoms with E-state index in [0.717, 1.165) is 39.9 Å². The van der Waals surface area contributed by atoms with Crippen molar-refractivity contribution in [3.63, 3.8) is 0 Å². The number of halogens is 2. The van der Waals surface area contributed by atoms with E-state index in [1.807, 2.05) is 31.2 Å². The molecule has 0 fully saturated rings. The van der Waals surface area contributed by atoms with Gasteiger partial charge in [0, 0.05) is 29.7 Å². The van der Waals surface area contributed by atoms with Crippen LogP contribution in [0, 0.1) is 18.6 Å². The maximum absolute atomic E-state index is 13.8. The zero-order chi connectivity index (χ0) is 21.1. The average molecular weight is 401 g/mol. The number of anilines is 1. The van der Waals surface area contributed by atoms with Gasteiger partial charge in [0.2, 0.25) is 0 Å². The first-order chi connectivity index (χ1) is 14.5. The number of hydrogen-bond donors (Lipinski definition) is 1. The van der Waals surface area contributed by atoms with Crippen molar-refractivity contribution in [2.75, 3.05) is 5.32 Å². The third kappa shape index (κ3) is 3.93. The number of pyridine rings is 2. The van der Waals surface area contributed by atoms with E-state index in [0.29, 0.717) is 0 Å². The summed E-state index contributed by atoms with van der Waals surface area (Å²) in [6, 6.07) is 16.6. The smallest absolute Gasteiger partial charge is 0.262 e. The van der Waals surface area contributed by atoms with Crippen molar-refractivity contribution in [1.29, 1.82) is 0 Å². The summed E-state index contributed by atoms with van der Waals surface area (Å²) >= 11 is 0. The lowest BCUT2D eigenvalue weighted by Crippen LogP contribution is -2.16. The highest BCUT2D eigenvalue weighted by molar-refractivity contribution is 6.04. The molecule has 6 heteroatoms. The normalized spacial score (nSPS) is 10.6. The molecule has 0 aliphatic carbocycles. The van der Waals surface area contributed by atoms with E-state index in [-0.39, 0.29) is 5.82 Å². The van der Waals surface area contributed by atoms with Gasteiger partial charge in [-0.3, -0.25) is 9.78 Å². The molecule has 2 heterocycles. The van der Waals surface area contributed by atoms with Crippen LogP contribution < -0.4 is 5.32 Å². The maximum atomic E-state index is 13.8. The number of nitrogens with zero attached hydrogens (tertiary/aromatic N) is 2. The Morgan fingerprint density at radius 3 is 2.30 bits per heavy atom. The number of aromatic nitrogens is 2. The van der Waals surface area contributed by atoms with Crippen molar-refractivity contribution in [3.05, 3.63) is 102 Å². The van der Waals surface area contributed by atoms with Crippen molar-refractivity contribution in [2.24, 2.45) is 0 Å². The van der Waals surface area contributed by atoms with Crippen LogP contribution in [-0.4, -0.2) is 15.9 Å². The van der Waals surface area contributed by atoms with Gasteiger partial charge in [-0.15, -0.1) is 0 Å². The Balaban J connectivity index is 1.59. The Hall–Kier alpha value is -3.93. The minimum Gasteiger partial charge on any atom is -0.306 e. The molecular weight excluding hydrogens is 384 g/mol. The molecule has 1 amide bonds. The first-order valence-corrected chi connectivity index (χ1v) is 9.26. The lowest BCUT2D eigenvalue weighted by atomic mass is 9.97. The number of benzene rings is 2. The molecule has 2 aromatic carbocycles. The van der Waals surface area contributed by atoms with Crippen LogP contribution in [0.25, 0.3) is 22.3 Å². The number of hydrogen-bond acceptors (Lipinski definition) is 3. The van der Waals surface area contributed by atoms with Gasteiger partial charge < -0.3 is 5.32 Å². The van der Waals surface area contributed by atoms with Gasteiger partial charge in [0.25, 0.3) is 5.91 Å². The summed E-state index contributed by atoms with van der Waals surface area (Å²) in [5.41, 5.74) is 4.30. The maximum Gasteiger partial charge on any atom is 0.262 e. The van der Waals surface area contributed by atoms with Crippen molar-refractivity contribution < 1.29 is 13.6 Å². The summed E-state index contributed by atoms with van der Waals surface area (Å²) < 4.78 is 27.6. The van der Waals surface area contributed by atoms with Crippen LogP contribution in [0.4, 0.5) is 14.6 Å². The molecule has 0 aliphatic rings. The molecule has 0 radical (unpaired) electrons. The molecule has 2 aromatic heterocycles. The molecule has 0 unspecified atom stereocenters. The molecule has 4 nitrogen and oxygen atoms in total. The fraction of sp³-hybridized carbons (Fsp3) is 0.0417. The minimum absolute atomic E-state index is 0.201. The third-order valence-electron chi connectivity index (χ3n) is 4.74. The van der Waals surface area contributed by atoms with Gasteiger partial charge in [-0.1, -0.05) is 24.3 Å². The number of carbonyl (C=O) groups excluding carboxylic acids is 1. The first-order valence-electron chi connectivity index (χ1n) is 9.26. The van der Waals surface area contributed by atoms with E-state index in [9.17, 15) is 13.6 Å². The molecule has 0 saturated heterocycles. The average Bonchev–Trinajstić information content (AvgIpc) is 2.75. The summed E-state index contributed by atoms with van der Waals surface area (Å²) in [6.07, 6.45) is 5.14. The molecule has 4 aromatic rings. The van der Waals surface area contributed by atoms with Gasteiger partial charge in [0.05, 0.1) is 0 Å². The van der Waals surface area contributed by atoms with E-state index in [2.05, 4.69) is 21.4 Å². The molecular formula is C24H17F2N3O. The van der Waals surface area contributed by atoms with Crippen LogP contribution in [-0.2, 0) is 0 Å². The molecule has 0 spiro atoms. The Morgan fingerprint density at radius 1 is 0.867 bits per heavy atom. The highest BCUT2D eigenvalue weighted by Gasteiger charge is 2.17. The number of carbonyl (C=O) groups is 1. The van der Waals surface area contributed by atoms with E-state index < -0.39 is 23.1 Å².